The van der Waals surface area contributed by atoms with Crippen LogP contribution in [0.4, 0.5) is 0 Å². The Morgan fingerprint density at radius 2 is 2.62 bits per heavy atom. The summed E-state index contributed by atoms with van der Waals surface area (Å²) in [6.45, 7) is 2.79. The summed E-state index contributed by atoms with van der Waals surface area (Å²) in [7, 11) is 1.68. The standard InChI is InChI=1S/C8H13BN2O2/c1-3-8-6-12-9(13-8)7-4-10-11(2)5-7/h4-5,8H,3,6H2,1-2H3. The van der Waals surface area contributed by atoms with Gasteiger partial charge in [-0.25, -0.2) is 0 Å². The first-order valence-corrected chi connectivity index (χ1v) is 4.55. The van der Waals surface area contributed by atoms with Crippen LogP contribution in [0.5, 0.6) is 0 Å². The summed E-state index contributed by atoms with van der Waals surface area (Å²) in [5.41, 5.74) is 0.999. The Morgan fingerprint density at radius 1 is 1.77 bits per heavy atom. The third kappa shape index (κ3) is 1.76. The van der Waals surface area contributed by atoms with E-state index in [1.807, 2.05) is 13.2 Å². The fourth-order valence-corrected chi connectivity index (χ4v) is 1.40. The lowest BCUT2D eigenvalue weighted by molar-refractivity contribution is 0.230. The highest BCUT2D eigenvalue weighted by molar-refractivity contribution is 6.61. The highest BCUT2D eigenvalue weighted by Gasteiger charge is 2.32. The minimum absolute atomic E-state index is 0.210. The van der Waals surface area contributed by atoms with E-state index in [1.165, 1.54) is 0 Å². The Bertz CT molecular complexity index is 289. The second-order valence-corrected chi connectivity index (χ2v) is 3.28. The van der Waals surface area contributed by atoms with Crippen molar-refractivity contribution in [2.24, 2.45) is 7.05 Å². The van der Waals surface area contributed by atoms with E-state index >= 15 is 0 Å². The van der Waals surface area contributed by atoms with Crippen LogP contribution >= 0.6 is 0 Å². The molecule has 1 fully saturated rings. The van der Waals surface area contributed by atoms with Crippen LogP contribution in [-0.2, 0) is 16.4 Å². The topological polar surface area (TPSA) is 36.3 Å². The van der Waals surface area contributed by atoms with Gasteiger partial charge in [0, 0.05) is 24.9 Å². The first kappa shape index (κ1) is 8.78. The van der Waals surface area contributed by atoms with E-state index in [-0.39, 0.29) is 13.2 Å². The number of aromatic nitrogens is 2. The number of rotatable bonds is 2. The van der Waals surface area contributed by atoms with Gasteiger partial charge >= 0.3 is 7.12 Å². The SMILES string of the molecule is CCC1COB(c2cnn(C)c2)O1. The second-order valence-electron chi connectivity index (χ2n) is 3.28. The molecule has 5 heteroatoms. The third-order valence-electron chi connectivity index (χ3n) is 2.20. The molecule has 0 N–H and O–H groups in total. The van der Waals surface area contributed by atoms with Crippen molar-refractivity contribution in [3.05, 3.63) is 12.4 Å². The maximum atomic E-state index is 5.63. The van der Waals surface area contributed by atoms with Gasteiger partial charge in [0.1, 0.15) is 0 Å². The molecule has 0 saturated carbocycles. The monoisotopic (exact) mass is 180 g/mol. The Hall–Kier alpha value is -0.805. The molecule has 1 aromatic rings. The van der Waals surface area contributed by atoms with Crippen molar-refractivity contribution in [1.29, 1.82) is 0 Å². The van der Waals surface area contributed by atoms with Gasteiger partial charge in [0.2, 0.25) is 0 Å². The normalized spacial score (nSPS) is 22.6. The summed E-state index contributed by atoms with van der Waals surface area (Å²) in [5.74, 6) is 0. The lowest BCUT2D eigenvalue weighted by Gasteiger charge is -2.03. The van der Waals surface area contributed by atoms with E-state index in [0.29, 0.717) is 6.61 Å². The molecular formula is C8H13BN2O2. The maximum Gasteiger partial charge on any atom is 0.497 e. The molecule has 1 saturated heterocycles. The van der Waals surface area contributed by atoms with E-state index in [4.69, 9.17) is 9.31 Å². The van der Waals surface area contributed by atoms with Crippen LogP contribution in [0.1, 0.15) is 13.3 Å². The molecule has 1 aliphatic rings. The average molecular weight is 180 g/mol. The quantitative estimate of drug-likeness (QED) is 0.598. The fourth-order valence-electron chi connectivity index (χ4n) is 1.40. The zero-order valence-electron chi connectivity index (χ0n) is 7.93. The van der Waals surface area contributed by atoms with Crippen LogP contribution in [-0.4, -0.2) is 29.6 Å². The number of nitrogens with zero attached hydrogens (tertiary/aromatic N) is 2. The van der Waals surface area contributed by atoms with Gasteiger partial charge in [-0.2, -0.15) is 5.10 Å². The third-order valence-corrected chi connectivity index (χ3v) is 2.20. The zero-order chi connectivity index (χ0) is 9.26. The molecule has 1 aromatic heterocycles. The van der Waals surface area contributed by atoms with Crippen LogP contribution in [0.2, 0.25) is 0 Å². The van der Waals surface area contributed by atoms with E-state index in [1.54, 1.807) is 10.9 Å². The van der Waals surface area contributed by atoms with Crippen molar-refractivity contribution in [2.75, 3.05) is 6.61 Å². The Labute approximate surface area is 78.0 Å². The van der Waals surface area contributed by atoms with Crippen molar-refractivity contribution < 1.29 is 9.31 Å². The summed E-state index contributed by atoms with van der Waals surface area (Å²) < 4.78 is 12.9. The fraction of sp³-hybridized carbons (Fsp3) is 0.625. The van der Waals surface area contributed by atoms with Gasteiger partial charge in [-0.15, -0.1) is 0 Å². The molecule has 4 nitrogen and oxygen atoms in total. The van der Waals surface area contributed by atoms with E-state index < -0.39 is 0 Å². The molecule has 13 heavy (non-hydrogen) atoms. The summed E-state index contributed by atoms with van der Waals surface area (Å²) in [5, 5.41) is 4.07. The first-order chi connectivity index (χ1) is 6.29. The molecule has 0 bridgehead atoms. The van der Waals surface area contributed by atoms with Crippen LogP contribution in [0.3, 0.4) is 0 Å². The molecular weight excluding hydrogens is 167 g/mol. The van der Waals surface area contributed by atoms with Gasteiger partial charge in [0.05, 0.1) is 12.7 Å². The van der Waals surface area contributed by atoms with Gasteiger partial charge in [0.25, 0.3) is 0 Å². The van der Waals surface area contributed by atoms with Gasteiger partial charge in [-0.3, -0.25) is 4.68 Å². The first-order valence-electron chi connectivity index (χ1n) is 4.55. The van der Waals surface area contributed by atoms with E-state index in [2.05, 4.69) is 12.0 Å². The average Bonchev–Trinajstić information content (AvgIpc) is 2.71. The van der Waals surface area contributed by atoms with Gasteiger partial charge in [-0.05, 0) is 6.42 Å². The van der Waals surface area contributed by atoms with Crippen molar-refractivity contribution in [1.82, 2.24) is 9.78 Å². The number of hydrogen-bond acceptors (Lipinski definition) is 3. The summed E-state index contributed by atoms with van der Waals surface area (Å²) in [6.07, 6.45) is 4.94. The largest absolute Gasteiger partial charge is 0.497 e. The summed E-state index contributed by atoms with van der Waals surface area (Å²) >= 11 is 0. The van der Waals surface area contributed by atoms with Gasteiger partial charge in [-0.1, -0.05) is 6.92 Å². The predicted molar refractivity (Wildman–Crippen MR) is 49.7 cm³/mol. The molecule has 0 aromatic carbocycles. The molecule has 1 atom stereocenters. The summed E-state index contributed by atoms with van der Waals surface area (Å²) in [4.78, 5) is 0. The van der Waals surface area contributed by atoms with Crippen molar-refractivity contribution in [3.63, 3.8) is 0 Å². The van der Waals surface area contributed by atoms with E-state index in [0.717, 1.165) is 11.9 Å². The predicted octanol–water partition coefficient (Wildman–Crippen LogP) is -0.0593. The Morgan fingerprint density at radius 3 is 3.15 bits per heavy atom. The lowest BCUT2D eigenvalue weighted by Crippen LogP contribution is -2.31. The second kappa shape index (κ2) is 3.51. The molecule has 1 unspecified atom stereocenters. The smallest absolute Gasteiger partial charge is 0.405 e. The molecule has 2 rings (SSSR count). The highest BCUT2D eigenvalue weighted by Crippen LogP contribution is 2.10. The van der Waals surface area contributed by atoms with Crippen LogP contribution in [0.25, 0.3) is 0 Å². The Balaban J connectivity index is 2.03. The van der Waals surface area contributed by atoms with Crippen LogP contribution in [0.15, 0.2) is 12.4 Å². The van der Waals surface area contributed by atoms with Crippen molar-refractivity contribution >= 4 is 12.6 Å². The van der Waals surface area contributed by atoms with Crippen LogP contribution < -0.4 is 5.46 Å². The van der Waals surface area contributed by atoms with Gasteiger partial charge < -0.3 is 9.31 Å². The molecule has 0 spiro atoms. The lowest BCUT2D eigenvalue weighted by atomic mass is 9.82. The maximum absolute atomic E-state index is 5.63. The number of aryl methyl sites for hydroxylation is 1. The highest BCUT2D eigenvalue weighted by atomic mass is 16.6. The van der Waals surface area contributed by atoms with Gasteiger partial charge in [0.15, 0.2) is 0 Å². The molecule has 0 amide bonds. The molecule has 0 radical (unpaired) electrons. The van der Waals surface area contributed by atoms with Crippen molar-refractivity contribution in [2.45, 2.75) is 19.4 Å². The molecule has 70 valence electrons. The minimum atomic E-state index is -0.210. The molecule has 2 heterocycles. The van der Waals surface area contributed by atoms with Crippen molar-refractivity contribution in [3.8, 4) is 0 Å². The Kier molecular flexibility index (Phi) is 2.37. The summed E-state index contributed by atoms with van der Waals surface area (Å²) in [6, 6.07) is 0. The zero-order valence-corrected chi connectivity index (χ0v) is 7.93. The molecule has 1 aliphatic heterocycles. The molecule has 0 aliphatic carbocycles. The van der Waals surface area contributed by atoms with Crippen LogP contribution in [0, 0.1) is 0 Å². The van der Waals surface area contributed by atoms with E-state index in [9.17, 15) is 0 Å². The number of hydrogen-bond donors (Lipinski definition) is 0. The minimum Gasteiger partial charge on any atom is -0.405 e.